The van der Waals surface area contributed by atoms with Crippen LogP contribution in [0, 0.1) is 0 Å². The number of hydrazine groups is 1. The van der Waals surface area contributed by atoms with Gasteiger partial charge >= 0.3 is 0 Å². The Morgan fingerprint density at radius 2 is 1.88 bits per heavy atom. The van der Waals surface area contributed by atoms with Gasteiger partial charge in [-0.3, -0.25) is 15.0 Å². The number of piperazine rings is 1. The molecule has 2 heterocycles. The number of benzene rings is 1. The van der Waals surface area contributed by atoms with Crippen molar-refractivity contribution in [1.82, 2.24) is 20.3 Å². The molecule has 1 fully saturated rings. The lowest BCUT2D eigenvalue weighted by atomic mass is 10.1. The smallest absolute Gasteiger partial charge is 0.285 e. The number of anilines is 1. The van der Waals surface area contributed by atoms with Crippen molar-refractivity contribution in [3.05, 3.63) is 47.0 Å². The molecule has 2 N–H and O–H groups in total. The number of hydrogen-bond acceptors (Lipinski definition) is 6. The predicted octanol–water partition coefficient (Wildman–Crippen LogP) is 1.22. The van der Waals surface area contributed by atoms with Gasteiger partial charge in [0, 0.05) is 31.6 Å². The number of nitrogens with zero attached hydrogens (tertiary/aromatic N) is 3. The van der Waals surface area contributed by atoms with E-state index in [1.54, 1.807) is 5.38 Å². The summed E-state index contributed by atoms with van der Waals surface area (Å²) in [5.41, 5.74) is 4.11. The molecule has 0 bridgehead atoms. The zero-order valence-electron chi connectivity index (χ0n) is 14.1. The zero-order chi connectivity index (χ0) is 17.6. The van der Waals surface area contributed by atoms with Crippen molar-refractivity contribution < 1.29 is 9.59 Å². The van der Waals surface area contributed by atoms with Gasteiger partial charge in [-0.25, -0.2) is 9.99 Å². The van der Waals surface area contributed by atoms with Crippen molar-refractivity contribution in [3.63, 3.8) is 0 Å². The molecule has 8 heteroatoms. The molecule has 2 amide bonds. The Morgan fingerprint density at radius 3 is 2.60 bits per heavy atom. The second-order valence-corrected chi connectivity index (χ2v) is 6.84. The molecule has 0 spiro atoms. The van der Waals surface area contributed by atoms with Crippen LogP contribution in [-0.2, 0) is 11.2 Å². The first-order valence-corrected chi connectivity index (χ1v) is 9.02. The molecule has 1 aliphatic rings. The number of thiazole rings is 1. The summed E-state index contributed by atoms with van der Waals surface area (Å²) in [6.45, 7) is 3.40. The molecule has 7 nitrogen and oxygen atoms in total. The largest absolute Gasteiger partial charge is 0.304 e. The number of amides is 2. The third kappa shape index (κ3) is 5.09. The molecule has 132 valence electrons. The van der Waals surface area contributed by atoms with Crippen molar-refractivity contribution in [2.75, 3.05) is 38.5 Å². The van der Waals surface area contributed by atoms with Crippen molar-refractivity contribution in [1.29, 1.82) is 0 Å². The molecular weight excluding hydrogens is 338 g/mol. The van der Waals surface area contributed by atoms with Crippen molar-refractivity contribution in [3.8, 4) is 0 Å². The van der Waals surface area contributed by atoms with Crippen LogP contribution in [0.4, 0.5) is 5.13 Å². The fourth-order valence-electron chi connectivity index (χ4n) is 2.50. The molecule has 2 aromatic rings. The number of nitrogens with one attached hydrogen (secondary N) is 2. The minimum absolute atomic E-state index is 0.147. The van der Waals surface area contributed by atoms with Crippen LogP contribution < -0.4 is 10.7 Å². The molecule has 1 aliphatic heterocycles. The minimum atomic E-state index is -0.246. The highest BCUT2D eigenvalue weighted by Crippen LogP contribution is 2.16. The fourth-order valence-corrected chi connectivity index (χ4v) is 3.21. The average Bonchev–Trinajstić information content (AvgIpc) is 3.06. The van der Waals surface area contributed by atoms with Gasteiger partial charge in [0.15, 0.2) is 5.13 Å². The van der Waals surface area contributed by atoms with Gasteiger partial charge in [-0.2, -0.15) is 0 Å². The van der Waals surface area contributed by atoms with E-state index in [1.807, 2.05) is 35.3 Å². The minimum Gasteiger partial charge on any atom is -0.304 e. The van der Waals surface area contributed by atoms with Gasteiger partial charge < -0.3 is 10.2 Å². The lowest BCUT2D eigenvalue weighted by molar-refractivity contribution is -0.115. The first kappa shape index (κ1) is 17.5. The van der Waals surface area contributed by atoms with Crippen LogP contribution >= 0.6 is 11.3 Å². The van der Waals surface area contributed by atoms with Crippen LogP contribution in [0.25, 0.3) is 0 Å². The number of carbonyl (C=O) groups excluding carboxylic acids is 2. The zero-order valence-corrected chi connectivity index (χ0v) is 14.9. The summed E-state index contributed by atoms with van der Waals surface area (Å²) in [6.07, 6.45) is 0.281. The number of hydrogen-bond donors (Lipinski definition) is 2. The molecule has 0 atom stereocenters. The maximum atomic E-state index is 12.2. The molecule has 25 heavy (non-hydrogen) atoms. The molecule has 0 unspecified atom stereocenters. The Labute approximate surface area is 150 Å². The molecule has 1 saturated heterocycles. The normalized spacial score (nSPS) is 15.7. The predicted molar refractivity (Wildman–Crippen MR) is 97.4 cm³/mol. The van der Waals surface area contributed by atoms with E-state index in [2.05, 4.69) is 27.7 Å². The first-order valence-electron chi connectivity index (χ1n) is 8.14. The lowest BCUT2D eigenvalue weighted by Gasteiger charge is -2.32. The van der Waals surface area contributed by atoms with Crippen LogP contribution in [0.2, 0.25) is 0 Å². The van der Waals surface area contributed by atoms with Crippen molar-refractivity contribution in [2.45, 2.75) is 6.42 Å². The van der Waals surface area contributed by atoms with Crippen molar-refractivity contribution in [2.24, 2.45) is 0 Å². The van der Waals surface area contributed by atoms with Crippen LogP contribution in [0.5, 0.6) is 0 Å². The first-order chi connectivity index (χ1) is 12.1. The van der Waals surface area contributed by atoms with E-state index in [-0.39, 0.29) is 18.2 Å². The highest BCUT2D eigenvalue weighted by molar-refractivity contribution is 7.14. The Morgan fingerprint density at radius 1 is 1.16 bits per heavy atom. The third-order valence-corrected chi connectivity index (χ3v) is 4.71. The van der Waals surface area contributed by atoms with Crippen LogP contribution in [0.3, 0.4) is 0 Å². The van der Waals surface area contributed by atoms with E-state index in [0.29, 0.717) is 10.8 Å². The highest BCUT2D eigenvalue weighted by Gasteiger charge is 2.18. The van der Waals surface area contributed by atoms with Gasteiger partial charge in [-0.15, -0.1) is 11.3 Å². The van der Waals surface area contributed by atoms with Gasteiger partial charge in [0.2, 0.25) is 5.91 Å². The van der Waals surface area contributed by atoms with E-state index in [0.717, 1.165) is 31.7 Å². The summed E-state index contributed by atoms with van der Waals surface area (Å²) < 4.78 is 0. The summed E-state index contributed by atoms with van der Waals surface area (Å²) in [7, 11) is 2.06. The summed E-state index contributed by atoms with van der Waals surface area (Å²) in [5.74, 6) is -0.393. The summed E-state index contributed by atoms with van der Waals surface area (Å²) >= 11 is 1.25. The van der Waals surface area contributed by atoms with Crippen LogP contribution in [-0.4, -0.2) is 59.9 Å². The molecule has 0 radical (unpaired) electrons. The van der Waals surface area contributed by atoms with E-state index >= 15 is 0 Å². The quantitative estimate of drug-likeness (QED) is 0.839. The topological polar surface area (TPSA) is 77.6 Å². The number of likely N-dealkylation sites (N-methyl/N-ethyl adjacent to an activating group) is 1. The molecule has 0 saturated carbocycles. The van der Waals surface area contributed by atoms with Crippen molar-refractivity contribution >= 4 is 28.3 Å². The monoisotopic (exact) mass is 359 g/mol. The summed E-state index contributed by atoms with van der Waals surface area (Å²) in [6, 6.07) is 9.50. The molecule has 3 rings (SSSR count). The fraction of sp³-hybridized carbons (Fsp3) is 0.353. The van der Waals surface area contributed by atoms with E-state index in [4.69, 9.17) is 0 Å². The molecule has 0 aliphatic carbocycles. The Kier molecular flexibility index (Phi) is 5.75. The highest BCUT2D eigenvalue weighted by atomic mass is 32.1. The third-order valence-electron chi connectivity index (χ3n) is 3.95. The summed E-state index contributed by atoms with van der Waals surface area (Å²) in [5, 5.41) is 6.73. The molecule has 1 aromatic heterocycles. The van der Waals surface area contributed by atoms with Gasteiger partial charge in [-0.1, -0.05) is 30.3 Å². The Bertz CT molecular complexity index is 726. The SMILES string of the molecule is CN1CCN(NC(=O)c2csc(NC(=O)Cc3ccccc3)n2)CC1. The number of rotatable bonds is 5. The standard InChI is InChI=1S/C17H21N5O2S/c1-21-7-9-22(10-8-21)20-16(24)14-12-25-17(18-14)19-15(23)11-13-5-3-2-4-6-13/h2-6,12H,7-11H2,1H3,(H,20,24)(H,18,19,23). The number of carbonyl (C=O) groups is 2. The van der Waals surface area contributed by atoms with Gasteiger partial charge in [0.25, 0.3) is 5.91 Å². The van der Waals surface area contributed by atoms with Gasteiger partial charge in [0.05, 0.1) is 6.42 Å². The Balaban J connectivity index is 1.51. The Hall–Kier alpha value is -2.29. The van der Waals surface area contributed by atoms with E-state index in [1.165, 1.54) is 11.3 Å². The van der Waals surface area contributed by atoms with Crippen LogP contribution in [0.1, 0.15) is 16.1 Å². The second-order valence-electron chi connectivity index (χ2n) is 5.98. The average molecular weight is 359 g/mol. The van der Waals surface area contributed by atoms with Crippen LogP contribution in [0.15, 0.2) is 35.7 Å². The molecule has 1 aromatic carbocycles. The maximum Gasteiger partial charge on any atom is 0.285 e. The van der Waals surface area contributed by atoms with E-state index in [9.17, 15) is 9.59 Å². The molecular formula is C17H21N5O2S. The number of aromatic nitrogens is 1. The van der Waals surface area contributed by atoms with Gasteiger partial charge in [-0.05, 0) is 12.6 Å². The second kappa shape index (κ2) is 8.19. The lowest BCUT2D eigenvalue weighted by Crippen LogP contribution is -2.52. The maximum absolute atomic E-state index is 12.2. The van der Waals surface area contributed by atoms with E-state index < -0.39 is 0 Å². The summed E-state index contributed by atoms with van der Waals surface area (Å²) in [4.78, 5) is 30.7. The van der Waals surface area contributed by atoms with Gasteiger partial charge in [0.1, 0.15) is 5.69 Å².